The van der Waals surface area contributed by atoms with E-state index < -0.39 is 11.9 Å². The van der Waals surface area contributed by atoms with E-state index in [9.17, 15) is 9.18 Å². The average molecular weight is 260 g/mol. The predicted octanol–water partition coefficient (Wildman–Crippen LogP) is 2.85. The maximum atomic E-state index is 13.6. The largest absolute Gasteiger partial charge is 0.481 e. The molecule has 0 spiro atoms. The molecule has 0 amide bonds. The molecule has 1 aromatic rings. The molecule has 1 aromatic carbocycles. The first kappa shape index (κ1) is 13.9. The molecule has 2 atom stereocenters. The van der Waals surface area contributed by atoms with E-state index in [0.717, 1.165) is 0 Å². The Hall–Kier alpha value is -1.13. The number of carbonyl (C=O) groups is 1. The summed E-state index contributed by atoms with van der Waals surface area (Å²) in [6.07, 6.45) is 0.309. The predicted molar refractivity (Wildman–Crippen MR) is 64.6 cm³/mol. The Morgan fingerprint density at radius 3 is 2.76 bits per heavy atom. The van der Waals surface area contributed by atoms with E-state index in [1.54, 1.807) is 14.0 Å². The number of hydrogen-bond donors (Lipinski definition) is 2. The molecule has 0 aliphatic carbocycles. The molecule has 2 N–H and O–H groups in total. The zero-order valence-corrected chi connectivity index (χ0v) is 10.5. The molecule has 0 radical (unpaired) electrons. The molecule has 2 unspecified atom stereocenters. The van der Waals surface area contributed by atoms with E-state index in [4.69, 9.17) is 16.7 Å². The Morgan fingerprint density at radius 2 is 2.24 bits per heavy atom. The first-order chi connectivity index (χ1) is 7.95. The maximum Gasteiger partial charge on any atom is 0.306 e. The van der Waals surface area contributed by atoms with Gasteiger partial charge in [0, 0.05) is 16.6 Å². The zero-order valence-electron chi connectivity index (χ0n) is 9.71. The summed E-state index contributed by atoms with van der Waals surface area (Å²) < 4.78 is 13.6. The van der Waals surface area contributed by atoms with Gasteiger partial charge in [-0.1, -0.05) is 18.5 Å². The Balaban J connectivity index is 2.93. The summed E-state index contributed by atoms with van der Waals surface area (Å²) in [6.45, 7) is 1.59. The Labute approximate surface area is 105 Å². The highest BCUT2D eigenvalue weighted by molar-refractivity contribution is 6.30. The van der Waals surface area contributed by atoms with Gasteiger partial charge in [-0.15, -0.1) is 0 Å². The van der Waals surface area contributed by atoms with E-state index in [0.29, 0.717) is 17.0 Å². The van der Waals surface area contributed by atoms with Gasteiger partial charge < -0.3 is 10.4 Å². The molecule has 0 aromatic heterocycles. The van der Waals surface area contributed by atoms with Crippen LogP contribution >= 0.6 is 11.6 Å². The third-order valence-corrected chi connectivity index (χ3v) is 2.93. The number of rotatable bonds is 5. The molecular formula is C12H15ClFNO2. The molecule has 94 valence electrons. The van der Waals surface area contributed by atoms with Crippen LogP contribution in [0.3, 0.4) is 0 Å². The van der Waals surface area contributed by atoms with Crippen molar-refractivity contribution in [3.05, 3.63) is 34.6 Å². The first-order valence-corrected chi connectivity index (χ1v) is 5.68. The quantitative estimate of drug-likeness (QED) is 0.855. The van der Waals surface area contributed by atoms with Crippen molar-refractivity contribution in [1.29, 1.82) is 0 Å². The number of carboxylic acid groups (broad SMARTS) is 1. The lowest BCUT2D eigenvalue weighted by Gasteiger charge is -2.19. The number of benzene rings is 1. The number of carboxylic acids is 1. The third kappa shape index (κ3) is 3.68. The molecule has 3 nitrogen and oxygen atoms in total. The van der Waals surface area contributed by atoms with Gasteiger partial charge in [-0.05, 0) is 31.7 Å². The summed E-state index contributed by atoms with van der Waals surface area (Å²) >= 11 is 5.81. The topological polar surface area (TPSA) is 49.3 Å². The van der Waals surface area contributed by atoms with Gasteiger partial charge in [0.2, 0.25) is 0 Å². The van der Waals surface area contributed by atoms with Gasteiger partial charge in [0.05, 0.1) is 5.92 Å². The number of halogens is 2. The molecule has 0 saturated carbocycles. The van der Waals surface area contributed by atoms with Crippen LogP contribution in [0.5, 0.6) is 0 Å². The van der Waals surface area contributed by atoms with Crippen LogP contribution < -0.4 is 5.32 Å². The van der Waals surface area contributed by atoms with E-state index in [1.807, 2.05) is 0 Å². The second kappa shape index (κ2) is 5.98. The van der Waals surface area contributed by atoms with Crippen molar-refractivity contribution in [3.8, 4) is 0 Å². The molecule has 0 saturated heterocycles. The SMILES string of the molecule is CNC(CC(C)C(=O)O)c1cc(Cl)ccc1F. The summed E-state index contributed by atoms with van der Waals surface area (Å²) in [5.41, 5.74) is 0.396. The van der Waals surface area contributed by atoms with E-state index in [2.05, 4.69) is 5.32 Å². The van der Waals surface area contributed by atoms with E-state index in [-0.39, 0.29) is 11.9 Å². The molecule has 0 heterocycles. The Bertz CT molecular complexity index is 411. The molecule has 1 rings (SSSR count). The fourth-order valence-electron chi connectivity index (χ4n) is 1.64. The highest BCUT2D eigenvalue weighted by Gasteiger charge is 2.21. The summed E-state index contributed by atoms with van der Waals surface area (Å²) in [5.74, 6) is -1.83. The zero-order chi connectivity index (χ0) is 13.0. The van der Waals surface area contributed by atoms with Crippen molar-refractivity contribution in [2.24, 2.45) is 5.92 Å². The second-order valence-corrected chi connectivity index (χ2v) is 4.42. The van der Waals surface area contributed by atoms with Crippen LogP contribution in [0.25, 0.3) is 0 Å². The highest BCUT2D eigenvalue weighted by atomic mass is 35.5. The lowest BCUT2D eigenvalue weighted by molar-refractivity contribution is -0.141. The van der Waals surface area contributed by atoms with Gasteiger partial charge >= 0.3 is 5.97 Å². The van der Waals surface area contributed by atoms with Crippen LogP contribution in [-0.4, -0.2) is 18.1 Å². The van der Waals surface area contributed by atoms with Gasteiger partial charge in [0.25, 0.3) is 0 Å². The summed E-state index contributed by atoms with van der Waals surface area (Å²) in [5, 5.41) is 12.2. The van der Waals surface area contributed by atoms with Crippen molar-refractivity contribution >= 4 is 17.6 Å². The molecular weight excluding hydrogens is 245 g/mol. The van der Waals surface area contributed by atoms with Gasteiger partial charge in [0.15, 0.2) is 0 Å². The minimum atomic E-state index is -0.896. The highest BCUT2D eigenvalue weighted by Crippen LogP contribution is 2.26. The fraction of sp³-hybridized carbons (Fsp3) is 0.417. The van der Waals surface area contributed by atoms with Gasteiger partial charge in [-0.2, -0.15) is 0 Å². The summed E-state index contributed by atoms with van der Waals surface area (Å²) in [7, 11) is 1.67. The average Bonchev–Trinajstić information content (AvgIpc) is 2.29. The van der Waals surface area contributed by atoms with Gasteiger partial charge in [-0.25, -0.2) is 4.39 Å². The summed E-state index contributed by atoms with van der Waals surface area (Å²) in [4.78, 5) is 10.8. The molecule has 17 heavy (non-hydrogen) atoms. The van der Waals surface area contributed by atoms with Crippen LogP contribution in [-0.2, 0) is 4.79 Å². The Kier molecular flexibility index (Phi) is 4.90. The number of hydrogen-bond acceptors (Lipinski definition) is 2. The molecule has 0 fully saturated rings. The van der Waals surface area contributed by atoms with Gasteiger partial charge in [0.1, 0.15) is 5.82 Å². The monoisotopic (exact) mass is 259 g/mol. The van der Waals surface area contributed by atoms with Gasteiger partial charge in [-0.3, -0.25) is 4.79 Å². The number of aliphatic carboxylic acids is 1. The van der Waals surface area contributed by atoms with Crippen LogP contribution in [0.2, 0.25) is 5.02 Å². The van der Waals surface area contributed by atoms with Crippen molar-refractivity contribution in [2.75, 3.05) is 7.05 Å². The maximum absolute atomic E-state index is 13.6. The third-order valence-electron chi connectivity index (χ3n) is 2.69. The van der Waals surface area contributed by atoms with E-state index in [1.165, 1.54) is 18.2 Å². The first-order valence-electron chi connectivity index (χ1n) is 5.30. The lowest BCUT2D eigenvalue weighted by atomic mass is 9.95. The van der Waals surface area contributed by atoms with E-state index >= 15 is 0 Å². The lowest BCUT2D eigenvalue weighted by Crippen LogP contribution is -2.23. The fourth-order valence-corrected chi connectivity index (χ4v) is 1.82. The molecule has 0 aliphatic rings. The van der Waals surface area contributed by atoms with Crippen LogP contribution in [0.4, 0.5) is 4.39 Å². The molecule has 0 aliphatic heterocycles. The van der Waals surface area contributed by atoms with Crippen molar-refractivity contribution in [3.63, 3.8) is 0 Å². The van der Waals surface area contributed by atoms with Crippen molar-refractivity contribution in [1.82, 2.24) is 5.32 Å². The minimum Gasteiger partial charge on any atom is -0.481 e. The Morgan fingerprint density at radius 1 is 1.59 bits per heavy atom. The standard InChI is InChI=1S/C12H15ClFNO2/c1-7(12(16)17)5-11(15-2)9-6-8(13)3-4-10(9)14/h3-4,6-7,11,15H,5H2,1-2H3,(H,16,17). The molecule has 5 heteroatoms. The normalized spacial score (nSPS) is 14.4. The molecule has 0 bridgehead atoms. The van der Waals surface area contributed by atoms with Crippen LogP contribution in [0.1, 0.15) is 24.9 Å². The second-order valence-electron chi connectivity index (χ2n) is 3.98. The van der Waals surface area contributed by atoms with Crippen molar-refractivity contribution < 1.29 is 14.3 Å². The minimum absolute atomic E-state index is 0.309. The number of nitrogens with one attached hydrogen (secondary N) is 1. The van der Waals surface area contributed by atoms with Crippen molar-refractivity contribution in [2.45, 2.75) is 19.4 Å². The summed E-state index contributed by atoms with van der Waals surface area (Å²) in [6, 6.07) is 3.91. The van der Waals surface area contributed by atoms with Crippen LogP contribution in [0.15, 0.2) is 18.2 Å². The van der Waals surface area contributed by atoms with Crippen LogP contribution in [0, 0.1) is 11.7 Å². The smallest absolute Gasteiger partial charge is 0.306 e.